The second kappa shape index (κ2) is 3.38. The van der Waals surface area contributed by atoms with E-state index in [0.29, 0.717) is 22.5 Å². The fraction of sp³-hybridized carbons (Fsp3) is 0.167. The topological polar surface area (TPSA) is 61.1 Å². The predicted molar refractivity (Wildman–Crippen MR) is 62.3 cm³/mol. The van der Waals surface area contributed by atoms with Crippen LogP contribution in [-0.4, -0.2) is 9.38 Å². The molecule has 0 saturated carbocycles. The van der Waals surface area contributed by atoms with Gasteiger partial charge in [-0.3, -0.25) is 9.20 Å². The van der Waals surface area contributed by atoms with Crippen LogP contribution in [0, 0.1) is 25.2 Å². The number of nitrogens with zero attached hydrogens (tertiary/aromatic N) is 2. The van der Waals surface area contributed by atoms with Crippen LogP contribution in [0.4, 0.5) is 0 Å². The van der Waals surface area contributed by atoms with Crippen molar-refractivity contribution in [2.75, 3.05) is 0 Å². The highest BCUT2D eigenvalue weighted by molar-refractivity contribution is 5.64. The van der Waals surface area contributed by atoms with E-state index in [-0.39, 0.29) is 5.56 Å². The van der Waals surface area contributed by atoms with E-state index in [1.54, 1.807) is 13.0 Å². The van der Waals surface area contributed by atoms with Gasteiger partial charge in [-0.1, -0.05) is 6.58 Å². The van der Waals surface area contributed by atoms with Crippen molar-refractivity contribution < 1.29 is 0 Å². The predicted octanol–water partition coefficient (Wildman–Crippen LogP) is 1.76. The maximum atomic E-state index is 11.8. The van der Waals surface area contributed by atoms with Crippen LogP contribution >= 0.6 is 0 Å². The average Bonchev–Trinajstić information content (AvgIpc) is 2.55. The van der Waals surface area contributed by atoms with Crippen molar-refractivity contribution in [1.29, 1.82) is 5.26 Å². The molecule has 4 nitrogen and oxygen atoms in total. The van der Waals surface area contributed by atoms with Gasteiger partial charge in [0.15, 0.2) is 0 Å². The molecule has 0 amide bonds. The van der Waals surface area contributed by atoms with E-state index in [1.165, 1.54) is 10.5 Å². The molecule has 0 aliphatic heterocycles. The maximum Gasteiger partial charge on any atom is 0.257 e. The highest BCUT2D eigenvalue weighted by Crippen LogP contribution is 2.16. The molecular formula is C12H11N3O. The number of rotatable bonds is 1. The van der Waals surface area contributed by atoms with Crippen molar-refractivity contribution in [3.63, 3.8) is 0 Å². The lowest BCUT2D eigenvalue weighted by molar-refractivity contribution is 1.08. The number of nitriles is 1. The van der Waals surface area contributed by atoms with Gasteiger partial charge in [0.1, 0.15) is 11.7 Å². The van der Waals surface area contributed by atoms with E-state index >= 15 is 0 Å². The zero-order valence-corrected chi connectivity index (χ0v) is 9.16. The summed E-state index contributed by atoms with van der Waals surface area (Å²) in [6, 6.07) is 3.57. The van der Waals surface area contributed by atoms with E-state index in [1.807, 2.05) is 6.92 Å². The summed E-state index contributed by atoms with van der Waals surface area (Å²) in [5, 5.41) is 9.07. The molecule has 0 aliphatic rings. The van der Waals surface area contributed by atoms with Crippen LogP contribution < -0.4 is 5.56 Å². The number of imidazole rings is 1. The molecule has 4 heteroatoms. The van der Waals surface area contributed by atoms with E-state index in [0.717, 1.165) is 5.69 Å². The molecule has 0 atom stereocenters. The largest absolute Gasteiger partial charge is 0.342 e. The Kier molecular flexibility index (Phi) is 2.17. The minimum atomic E-state index is -0.147. The number of aromatic nitrogens is 2. The first kappa shape index (κ1) is 10.2. The summed E-state index contributed by atoms with van der Waals surface area (Å²) >= 11 is 0. The van der Waals surface area contributed by atoms with Gasteiger partial charge in [0.25, 0.3) is 5.56 Å². The molecule has 0 unspecified atom stereocenters. The second-order valence-corrected chi connectivity index (χ2v) is 3.68. The summed E-state index contributed by atoms with van der Waals surface area (Å²) in [7, 11) is 0. The van der Waals surface area contributed by atoms with E-state index in [2.05, 4.69) is 17.6 Å². The first-order valence-corrected chi connectivity index (χ1v) is 4.87. The Morgan fingerprint density at radius 2 is 2.25 bits per heavy atom. The third kappa shape index (κ3) is 1.18. The third-order valence-electron chi connectivity index (χ3n) is 2.65. The lowest BCUT2D eigenvalue weighted by Gasteiger charge is -2.00. The van der Waals surface area contributed by atoms with Gasteiger partial charge in [0, 0.05) is 11.8 Å². The molecule has 0 saturated heterocycles. The van der Waals surface area contributed by atoms with E-state index in [4.69, 9.17) is 5.26 Å². The molecule has 0 bridgehead atoms. The molecule has 2 heterocycles. The number of H-pyrrole nitrogens is 1. The molecule has 2 rings (SSSR count). The molecular weight excluding hydrogens is 202 g/mol. The van der Waals surface area contributed by atoms with Crippen molar-refractivity contribution >= 4 is 11.7 Å². The Morgan fingerprint density at radius 1 is 1.56 bits per heavy atom. The Hall–Kier alpha value is -2.28. The van der Waals surface area contributed by atoms with Gasteiger partial charge in [-0.05, 0) is 25.5 Å². The van der Waals surface area contributed by atoms with Gasteiger partial charge in [0.05, 0.1) is 11.3 Å². The summed E-state index contributed by atoms with van der Waals surface area (Å²) in [5.74, 6) is 0. The SMILES string of the molecule is C=Cc1c(C)[nH]c2c(C#N)c(C)cc(=O)n12. The third-order valence-corrected chi connectivity index (χ3v) is 2.65. The minimum Gasteiger partial charge on any atom is -0.342 e. The highest BCUT2D eigenvalue weighted by Gasteiger charge is 2.12. The van der Waals surface area contributed by atoms with Gasteiger partial charge in [0.2, 0.25) is 0 Å². The summed E-state index contributed by atoms with van der Waals surface area (Å²) < 4.78 is 1.48. The number of aromatic amines is 1. The van der Waals surface area contributed by atoms with Crippen LogP contribution in [0.5, 0.6) is 0 Å². The molecule has 2 aromatic rings. The van der Waals surface area contributed by atoms with Gasteiger partial charge in [-0.15, -0.1) is 0 Å². The number of aryl methyl sites for hydroxylation is 2. The van der Waals surface area contributed by atoms with E-state index in [9.17, 15) is 4.79 Å². The van der Waals surface area contributed by atoms with Gasteiger partial charge in [-0.25, -0.2) is 0 Å². The van der Waals surface area contributed by atoms with E-state index < -0.39 is 0 Å². The van der Waals surface area contributed by atoms with Crippen LogP contribution in [-0.2, 0) is 0 Å². The number of pyridine rings is 1. The second-order valence-electron chi connectivity index (χ2n) is 3.68. The molecule has 0 aromatic carbocycles. The quantitative estimate of drug-likeness (QED) is 0.784. The van der Waals surface area contributed by atoms with Gasteiger partial charge < -0.3 is 4.98 Å². The zero-order valence-electron chi connectivity index (χ0n) is 9.16. The number of fused-ring (bicyclic) bond motifs is 1. The van der Waals surface area contributed by atoms with Gasteiger partial charge >= 0.3 is 0 Å². The Morgan fingerprint density at radius 3 is 2.81 bits per heavy atom. The van der Waals surface area contributed by atoms with Crippen molar-refractivity contribution in [2.45, 2.75) is 13.8 Å². The minimum absolute atomic E-state index is 0.147. The van der Waals surface area contributed by atoms with Crippen LogP contribution in [0.15, 0.2) is 17.4 Å². The zero-order chi connectivity index (χ0) is 11.9. The number of nitrogens with one attached hydrogen (secondary N) is 1. The molecule has 2 aromatic heterocycles. The van der Waals surface area contributed by atoms with Crippen molar-refractivity contribution in [3.05, 3.63) is 45.5 Å². The first-order valence-electron chi connectivity index (χ1n) is 4.87. The fourth-order valence-corrected chi connectivity index (χ4v) is 1.88. The van der Waals surface area contributed by atoms with Crippen molar-refractivity contribution in [2.24, 2.45) is 0 Å². The number of hydrogen-bond acceptors (Lipinski definition) is 2. The lowest BCUT2D eigenvalue weighted by Crippen LogP contribution is -2.14. The highest BCUT2D eigenvalue weighted by atomic mass is 16.1. The molecule has 1 N–H and O–H groups in total. The summed E-state index contributed by atoms with van der Waals surface area (Å²) in [5.41, 5.74) is 3.11. The fourth-order valence-electron chi connectivity index (χ4n) is 1.88. The van der Waals surface area contributed by atoms with Crippen LogP contribution in [0.25, 0.3) is 11.7 Å². The molecule has 80 valence electrons. The normalized spacial score (nSPS) is 10.3. The van der Waals surface area contributed by atoms with Crippen LogP contribution in [0.3, 0.4) is 0 Å². The summed E-state index contributed by atoms with van der Waals surface area (Å²) in [4.78, 5) is 14.9. The standard InChI is InChI=1S/C12H11N3O/c1-4-10-8(3)14-12-9(6-13)7(2)5-11(16)15(10)12/h4-5,14H,1H2,2-3H3. The Balaban J connectivity index is 3.12. The van der Waals surface area contributed by atoms with Crippen LogP contribution in [0.1, 0.15) is 22.5 Å². The smallest absolute Gasteiger partial charge is 0.257 e. The molecule has 16 heavy (non-hydrogen) atoms. The Bertz CT molecular complexity index is 683. The average molecular weight is 213 g/mol. The van der Waals surface area contributed by atoms with Crippen molar-refractivity contribution in [1.82, 2.24) is 9.38 Å². The van der Waals surface area contributed by atoms with Crippen LogP contribution in [0.2, 0.25) is 0 Å². The molecule has 0 spiro atoms. The maximum absolute atomic E-state index is 11.8. The molecule has 0 fully saturated rings. The Labute approximate surface area is 92.5 Å². The summed E-state index contributed by atoms with van der Waals surface area (Å²) in [6.07, 6.45) is 1.61. The molecule has 0 aliphatic carbocycles. The van der Waals surface area contributed by atoms with Crippen molar-refractivity contribution in [3.8, 4) is 6.07 Å². The monoisotopic (exact) mass is 213 g/mol. The van der Waals surface area contributed by atoms with Gasteiger partial charge in [-0.2, -0.15) is 5.26 Å². The molecule has 0 radical (unpaired) electrons. The first-order chi connectivity index (χ1) is 7.60. The summed E-state index contributed by atoms with van der Waals surface area (Å²) in [6.45, 7) is 7.27. The number of hydrogen-bond donors (Lipinski definition) is 1. The lowest BCUT2D eigenvalue weighted by atomic mass is 10.1.